The van der Waals surface area contributed by atoms with Gasteiger partial charge in [-0.2, -0.15) is 0 Å². The number of hydrogen-bond acceptors (Lipinski definition) is 5. The molecule has 1 heterocycles. The van der Waals surface area contributed by atoms with Crippen molar-refractivity contribution < 1.29 is 12.8 Å². The predicted molar refractivity (Wildman–Crippen MR) is 71.7 cm³/mol. The molecular formula is C11H12FN3O2S2. The molecule has 0 atom stereocenters. The summed E-state index contributed by atoms with van der Waals surface area (Å²) in [5.74, 6) is -0.574. The maximum Gasteiger partial charge on any atom is 0.242 e. The molecule has 0 aliphatic heterocycles. The van der Waals surface area contributed by atoms with E-state index in [9.17, 15) is 12.8 Å². The number of halogens is 1. The average Bonchev–Trinajstić information content (AvgIpc) is 2.72. The van der Waals surface area contributed by atoms with Gasteiger partial charge in [-0.05, 0) is 25.1 Å². The van der Waals surface area contributed by atoms with Crippen LogP contribution in [0.5, 0.6) is 0 Å². The van der Waals surface area contributed by atoms with Gasteiger partial charge in [-0.25, -0.2) is 22.5 Å². The van der Waals surface area contributed by atoms with Gasteiger partial charge < -0.3 is 5.73 Å². The number of nitrogen functional groups attached to an aromatic ring is 1. The van der Waals surface area contributed by atoms with E-state index in [1.54, 1.807) is 12.4 Å². The number of nitrogens with two attached hydrogens (primary N) is 1. The molecule has 1 aromatic carbocycles. The monoisotopic (exact) mass is 301 g/mol. The highest BCUT2D eigenvalue weighted by Gasteiger charge is 2.18. The molecule has 102 valence electrons. The van der Waals surface area contributed by atoms with Crippen LogP contribution < -0.4 is 10.5 Å². The Labute approximate surface area is 114 Å². The van der Waals surface area contributed by atoms with Gasteiger partial charge in [0.15, 0.2) is 0 Å². The maximum absolute atomic E-state index is 12.9. The van der Waals surface area contributed by atoms with Crippen LogP contribution in [-0.4, -0.2) is 13.4 Å². The van der Waals surface area contributed by atoms with E-state index >= 15 is 0 Å². The van der Waals surface area contributed by atoms with Gasteiger partial charge in [-0.1, -0.05) is 0 Å². The first-order valence-corrected chi connectivity index (χ1v) is 7.70. The molecule has 0 saturated heterocycles. The molecule has 5 nitrogen and oxygen atoms in total. The van der Waals surface area contributed by atoms with Gasteiger partial charge >= 0.3 is 0 Å². The van der Waals surface area contributed by atoms with Gasteiger partial charge in [0, 0.05) is 11.4 Å². The summed E-state index contributed by atoms with van der Waals surface area (Å²) in [6.07, 6.45) is 0. The van der Waals surface area contributed by atoms with Crippen LogP contribution in [0.15, 0.2) is 28.6 Å². The molecule has 0 aliphatic rings. The summed E-state index contributed by atoms with van der Waals surface area (Å²) in [7, 11) is -3.76. The molecule has 0 bridgehead atoms. The molecular weight excluding hydrogens is 289 g/mol. The lowest BCUT2D eigenvalue weighted by Crippen LogP contribution is -2.24. The average molecular weight is 301 g/mol. The van der Waals surface area contributed by atoms with E-state index in [0.717, 1.165) is 28.8 Å². The highest BCUT2D eigenvalue weighted by Crippen LogP contribution is 2.20. The minimum Gasteiger partial charge on any atom is -0.398 e. The lowest BCUT2D eigenvalue weighted by atomic mass is 10.3. The minimum absolute atomic E-state index is 0.117. The number of thiazole rings is 1. The van der Waals surface area contributed by atoms with Crippen molar-refractivity contribution in [2.24, 2.45) is 0 Å². The summed E-state index contributed by atoms with van der Waals surface area (Å²) < 4.78 is 39.4. The third kappa shape index (κ3) is 3.09. The summed E-state index contributed by atoms with van der Waals surface area (Å²) in [6.45, 7) is 1.93. The Morgan fingerprint density at radius 2 is 2.21 bits per heavy atom. The SMILES string of the molecule is Cc1ncsc1CNS(=O)(=O)c1ccc(F)cc1N. The van der Waals surface area contributed by atoms with E-state index in [2.05, 4.69) is 9.71 Å². The van der Waals surface area contributed by atoms with E-state index < -0.39 is 15.8 Å². The lowest BCUT2D eigenvalue weighted by Gasteiger charge is -2.08. The van der Waals surface area contributed by atoms with E-state index in [0.29, 0.717) is 0 Å². The molecule has 8 heteroatoms. The van der Waals surface area contributed by atoms with Crippen molar-refractivity contribution in [2.75, 3.05) is 5.73 Å². The largest absolute Gasteiger partial charge is 0.398 e. The second-order valence-corrected chi connectivity index (χ2v) is 6.54. The molecule has 1 aromatic heterocycles. The minimum atomic E-state index is -3.76. The number of nitrogens with one attached hydrogen (secondary N) is 1. The summed E-state index contributed by atoms with van der Waals surface area (Å²) in [5, 5.41) is 0. The molecule has 0 radical (unpaired) electrons. The first kappa shape index (κ1) is 13.9. The molecule has 2 rings (SSSR count). The number of aromatic nitrogens is 1. The summed E-state index contributed by atoms with van der Waals surface area (Å²) in [5.41, 5.74) is 7.82. The van der Waals surface area contributed by atoms with Crippen molar-refractivity contribution in [2.45, 2.75) is 18.4 Å². The zero-order valence-corrected chi connectivity index (χ0v) is 11.7. The molecule has 0 spiro atoms. The number of benzene rings is 1. The van der Waals surface area contributed by atoms with Crippen LogP contribution in [0.25, 0.3) is 0 Å². The molecule has 0 aliphatic carbocycles. The lowest BCUT2D eigenvalue weighted by molar-refractivity contribution is 0.581. The molecule has 3 N–H and O–H groups in total. The third-order valence-electron chi connectivity index (χ3n) is 2.53. The van der Waals surface area contributed by atoms with Crippen LogP contribution >= 0.6 is 11.3 Å². The number of nitrogens with zero attached hydrogens (tertiary/aromatic N) is 1. The van der Waals surface area contributed by atoms with Crippen molar-refractivity contribution in [3.05, 3.63) is 40.1 Å². The van der Waals surface area contributed by atoms with Gasteiger partial charge in [0.2, 0.25) is 10.0 Å². The number of hydrogen-bond donors (Lipinski definition) is 2. The fourth-order valence-electron chi connectivity index (χ4n) is 1.50. The van der Waals surface area contributed by atoms with E-state index in [1.807, 2.05) is 0 Å². The predicted octanol–water partition coefficient (Wildman–Crippen LogP) is 1.65. The summed E-state index contributed by atoms with van der Waals surface area (Å²) >= 11 is 1.36. The standard InChI is InChI=1S/C11H12FN3O2S2/c1-7-10(18-6-14-7)5-15-19(16,17)11-3-2-8(12)4-9(11)13/h2-4,6,15H,5,13H2,1H3. The topological polar surface area (TPSA) is 85.1 Å². The van der Waals surface area contributed by atoms with Crippen molar-refractivity contribution in [3.8, 4) is 0 Å². The number of aryl methyl sites for hydroxylation is 1. The van der Waals surface area contributed by atoms with Crippen LogP contribution in [-0.2, 0) is 16.6 Å². The fourth-order valence-corrected chi connectivity index (χ4v) is 3.41. The third-order valence-corrected chi connectivity index (χ3v) is 4.94. The first-order valence-electron chi connectivity index (χ1n) is 5.34. The van der Waals surface area contributed by atoms with E-state index in [1.165, 1.54) is 11.3 Å². The van der Waals surface area contributed by atoms with Crippen molar-refractivity contribution in [1.29, 1.82) is 0 Å². The zero-order chi connectivity index (χ0) is 14.0. The van der Waals surface area contributed by atoms with Gasteiger partial charge in [-0.15, -0.1) is 11.3 Å². The fraction of sp³-hybridized carbons (Fsp3) is 0.182. The Balaban J connectivity index is 2.21. The Kier molecular flexibility index (Phi) is 3.83. The second-order valence-electron chi connectivity index (χ2n) is 3.87. The normalized spacial score (nSPS) is 11.7. The molecule has 0 fully saturated rings. The Bertz CT molecular complexity index is 698. The number of anilines is 1. The van der Waals surface area contributed by atoms with Crippen molar-refractivity contribution in [1.82, 2.24) is 9.71 Å². The molecule has 0 amide bonds. The van der Waals surface area contributed by atoms with Crippen LogP contribution in [0.1, 0.15) is 10.6 Å². The summed E-state index contributed by atoms with van der Waals surface area (Å²) in [4.78, 5) is 4.72. The van der Waals surface area contributed by atoms with Crippen LogP contribution in [0, 0.1) is 12.7 Å². The Morgan fingerprint density at radius 3 is 2.79 bits per heavy atom. The summed E-state index contributed by atoms with van der Waals surface area (Å²) in [6, 6.07) is 3.18. The zero-order valence-electron chi connectivity index (χ0n) is 10.1. The maximum atomic E-state index is 12.9. The van der Waals surface area contributed by atoms with Crippen molar-refractivity contribution in [3.63, 3.8) is 0 Å². The molecule has 19 heavy (non-hydrogen) atoms. The van der Waals surface area contributed by atoms with Crippen LogP contribution in [0.3, 0.4) is 0 Å². The first-order chi connectivity index (χ1) is 8.90. The number of sulfonamides is 1. The number of rotatable bonds is 4. The highest BCUT2D eigenvalue weighted by molar-refractivity contribution is 7.89. The van der Waals surface area contributed by atoms with Crippen LogP contribution in [0.4, 0.5) is 10.1 Å². The quantitative estimate of drug-likeness (QED) is 0.841. The highest BCUT2D eigenvalue weighted by atomic mass is 32.2. The van der Waals surface area contributed by atoms with E-state index in [-0.39, 0.29) is 17.1 Å². The van der Waals surface area contributed by atoms with E-state index in [4.69, 9.17) is 5.73 Å². The van der Waals surface area contributed by atoms with Crippen molar-refractivity contribution >= 4 is 27.0 Å². The van der Waals surface area contributed by atoms with Gasteiger partial charge in [0.05, 0.1) is 16.9 Å². The van der Waals surface area contributed by atoms with Crippen LogP contribution in [0.2, 0.25) is 0 Å². The second kappa shape index (κ2) is 5.24. The molecule has 0 saturated carbocycles. The Morgan fingerprint density at radius 1 is 1.47 bits per heavy atom. The van der Waals surface area contributed by atoms with Gasteiger partial charge in [0.1, 0.15) is 10.7 Å². The molecule has 2 aromatic rings. The molecule has 0 unspecified atom stereocenters. The smallest absolute Gasteiger partial charge is 0.242 e. The Hall–Kier alpha value is -1.51. The van der Waals surface area contributed by atoms with Gasteiger partial charge in [0.25, 0.3) is 0 Å². The van der Waals surface area contributed by atoms with Gasteiger partial charge in [-0.3, -0.25) is 0 Å².